The van der Waals surface area contributed by atoms with Gasteiger partial charge in [-0.25, -0.2) is 15.0 Å². The van der Waals surface area contributed by atoms with Crippen LogP contribution in [0.15, 0.2) is 17.2 Å². The molecule has 0 saturated carbocycles. The third-order valence-electron chi connectivity index (χ3n) is 4.01. The van der Waals surface area contributed by atoms with Gasteiger partial charge in [0, 0.05) is 10.9 Å². The van der Waals surface area contributed by atoms with Gasteiger partial charge in [0.25, 0.3) is 5.56 Å². The maximum atomic E-state index is 12.5. The lowest BCUT2D eigenvalue weighted by Crippen LogP contribution is -2.10. The largest absolute Gasteiger partial charge is 0.384 e. The number of nitrogens with zero attached hydrogens (tertiary/aromatic N) is 3. The van der Waals surface area contributed by atoms with E-state index < -0.39 is 0 Å². The number of anilines is 1. The second-order valence-electron chi connectivity index (χ2n) is 5.49. The number of hydrogen-bond acceptors (Lipinski definition) is 6. The van der Waals surface area contributed by atoms with Crippen LogP contribution in [0.4, 0.5) is 5.82 Å². The number of aryl methyl sites for hydroxylation is 2. The number of nitrogens with two attached hydrogens (primary N) is 1. The van der Waals surface area contributed by atoms with Crippen LogP contribution in [0.1, 0.15) is 29.7 Å². The molecule has 0 aromatic carbocycles. The van der Waals surface area contributed by atoms with Crippen LogP contribution in [0, 0.1) is 0 Å². The number of hydrogen-bond donors (Lipinski definition) is 2. The minimum atomic E-state index is -0.0865. The van der Waals surface area contributed by atoms with Gasteiger partial charge in [0.05, 0.1) is 5.39 Å². The van der Waals surface area contributed by atoms with Gasteiger partial charge in [-0.3, -0.25) is 4.79 Å². The number of H-pyrrole nitrogens is 1. The first-order valence-corrected chi connectivity index (χ1v) is 8.16. The minimum Gasteiger partial charge on any atom is -0.384 e. The molecular formula is C15H15N5OS. The van der Waals surface area contributed by atoms with Crippen molar-refractivity contribution in [2.75, 3.05) is 5.73 Å². The van der Waals surface area contributed by atoms with Crippen molar-refractivity contribution >= 4 is 27.4 Å². The molecule has 0 amide bonds. The zero-order valence-corrected chi connectivity index (χ0v) is 12.7. The van der Waals surface area contributed by atoms with E-state index >= 15 is 0 Å². The zero-order valence-electron chi connectivity index (χ0n) is 11.9. The van der Waals surface area contributed by atoms with Gasteiger partial charge in [0.1, 0.15) is 22.7 Å². The van der Waals surface area contributed by atoms with Crippen molar-refractivity contribution in [3.05, 3.63) is 33.2 Å². The summed E-state index contributed by atoms with van der Waals surface area (Å²) in [6.07, 6.45) is 6.95. The van der Waals surface area contributed by atoms with Crippen molar-refractivity contribution in [1.29, 1.82) is 0 Å². The van der Waals surface area contributed by atoms with Gasteiger partial charge in [-0.1, -0.05) is 6.42 Å². The highest BCUT2D eigenvalue weighted by Gasteiger charge is 2.19. The van der Waals surface area contributed by atoms with Crippen LogP contribution >= 0.6 is 11.3 Å². The van der Waals surface area contributed by atoms with Crippen LogP contribution in [0.25, 0.3) is 21.7 Å². The highest BCUT2D eigenvalue weighted by Crippen LogP contribution is 2.33. The number of aromatic nitrogens is 4. The molecule has 4 rings (SSSR count). The van der Waals surface area contributed by atoms with E-state index in [1.807, 2.05) is 0 Å². The van der Waals surface area contributed by atoms with Crippen molar-refractivity contribution in [3.63, 3.8) is 0 Å². The summed E-state index contributed by atoms with van der Waals surface area (Å²) >= 11 is 1.63. The highest BCUT2D eigenvalue weighted by atomic mass is 32.1. The summed E-state index contributed by atoms with van der Waals surface area (Å²) in [6, 6.07) is 1.61. The second-order valence-corrected chi connectivity index (χ2v) is 6.57. The molecule has 112 valence electrons. The number of rotatable bonds is 1. The molecule has 0 radical (unpaired) electrons. The van der Waals surface area contributed by atoms with Crippen molar-refractivity contribution in [1.82, 2.24) is 19.9 Å². The van der Waals surface area contributed by atoms with Crippen LogP contribution in [0.3, 0.4) is 0 Å². The van der Waals surface area contributed by atoms with E-state index in [1.165, 1.54) is 29.6 Å². The molecule has 0 atom stereocenters. The average molecular weight is 313 g/mol. The van der Waals surface area contributed by atoms with Gasteiger partial charge in [0.2, 0.25) is 0 Å². The Balaban J connectivity index is 1.92. The van der Waals surface area contributed by atoms with Gasteiger partial charge in [-0.05, 0) is 31.2 Å². The van der Waals surface area contributed by atoms with E-state index in [0.717, 1.165) is 29.5 Å². The maximum absolute atomic E-state index is 12.5. The van der Waals surface area contributed by atoms with Gasteiger partial charge in [-0.15, -0.1) is 11.3 Å². The van der Waals surface area contributed by atoms with Crippen LogP contribution in [-0.4, -0.2) is 19.9 Å². The third kappa shape index (κ3) is 2.18. The zero-order chi connectivity index (χ0) is 15.1. The van der Waals surface area contributed by atoms with E-state index in [-0.39, 0.29) is 5.56 Å². The van der Waals surface area contributed by atoms with E-state index in [9.17, 15) is 4.79 Å². The topological polar surface area (TPSA) is 97.5 Å². The standard InChI is InChI=1S/C15H15N5OS/c16-11-6-9(17-7-18-11)13-19-14(21)12-8-4-2-1-3-5-10(8)22-15(12)20-13/h6-7H,1-5H2,(H2,16,17,18)(H,19,20,21). The van der Waals surface area contributed by atoms with E-state index in [0.29, 0.717) is 17.3 Å². The average Bonchev–Trinajstić information content (AvgIpc) is 2.70. The lowest BCUT2D eigenvalue weighted by Gasteiger charge is -2.01. The Hall–Kier alpha value is -2.28. The monoisotopic (exact) mass is 313 g/mol. The summed E-state index contributed by atoms with van der Waals surface area (Å²) in [5.41, 5.74) is 7.32. The Labute approximate surface area is 130 Å². The van der Waals surface area contributed by atoms with E-state index in [1.54, 1.807) is 17.4 Å². The summed E-state index contributed by atoms with van der Waals surface area (Å²) in [5.74, 6) is 0.803. The highest BCUT2D eigenvalue weighted by molar-refractivity contribution is 7.18. The summed E-state index contributed by atoms with van der Waals surface area (Å²) in [7, 11) is 0. The molecule has 3 heterocycles. The minimum absolute atomic E-state index is 0.0865. The molecule has 0 bridgehead atoms. The quantitative estimate of drug-likeness (QED) is 0.672. The Morgan fingerprint density at radius 2 is 2.05 bits per heavy atom. The molecule has 0 saturated heterocycles. The summed E-state index contributed by atoms with van der Waals surface area (Å²) in [6.45, 7) is 0. The summed E-state index contributed by atoms with van der Waals surface area (Å²) in [4.78, 5) is 30.1. The Bertz CT molecular complexity index is 914. The third-order valence-corrected chi connectivity index (χ3v) is 5.19. The van der Waals surface area contributed by atoms with Crippen molar-refractivity contribution < 1.29 is 0 Å². The van der Waals surface area contributed by atoms with Crippen molar-refractivity contribution in [3.8, 4) is 11.5 Å². The number of fused-ring (bicyclic) bond motifs is 3. The fraction of sp³-hybridized carbons (Fsp3) is 0.333. The first-order chi connectivity index (χ1) is 10.7. The maximum Gasteiger partial charge on any atom is 0.260 e. The molecule has 1 aliphatic rings. The molecule has 0 fully saturated rings. The lowest BCUT2D eigenvalue weighted by molar-refractivity contribution is 0.713. The first-order valence-electron chi connectivity index (χ1n) is 7.35. The molecule has 0 spiro atoms. The molecule has 6 nitrogen and oxygen atoms in total. The predicted octanol–water partition coefficient (Wildman–Crippen LogP) is 2.29. The van der Waals surface area contributed by atoms with Crippen molar-refractivity contribution in [2.45, 2.75) is 32.1 Å². The number of nitrogen functional groups attached to an aromatic ring is 1. The smallest absolute Gasteiger partial charge is 0.260 e. The Morgan fingerprint density at radius 3 is 2.91 bits per heavy atom. The SMILES string of the molecule is Nc1cc(-c2nc3sc4c(c3c(=O)[nH]2)CCCCC4)ncn1. The summed E-state index contributed by atoms with van der Waals surface area (Å²) in [5, 5.41) is 0.757. The van der Waals surface area contributed by atoms with Crippen LogP contribution in [0.2, 0.25) is 0 Å². The fourth-order valence-electron chi connectivity index (χ4n) is 2.96. The Morgan fingerprint density at radius 1 is 1.18 bits per heavy atom. The number of aromatic amines is 1. The van der Waals surface area contributed by atoms with Gasteiger partial charge in [-0.2, -0.15) is 0 Å². The van der Waals surface area contributed by atoms with Gasteiger partial charge >= 0.3 is 0 Å². The molecule has 0 aliphatic heterocycles. The predicted molar refractivity (Wildman–Crippen MR) is 86.9 cm³/mol. The molecule has 3 aromatic rings. The van der Waals surface area contributed by atoms with Crippen LogP contribution in [-0.2, 0) is 12.8 Å². The fourth-order valence-corrected chi connectivity index (χ4v) is 4.23. The van der Waals surface area contributed by atoms with E-state index in [4.69, 9.17) is 5.73 Å². The molecular weight excluding hydrogens is 298 g/mol. The summed E-state index contributed by atoms with van der Waals surface area (Å²) < 4.78 is 0. The lowest BCUT2D eigenvalue weighted by atomic mass is 10.1. The molecule has 3 N–H and O–H groups in total. The second kappa shape index (κ2) is 5.17. The van der Waals surface area contributed by atoms with Gasteiger partial charge < -0.3 is 10.7 Å². The van der Waals surface area contributed by atoms with Crippen LogP contribution in [0.5, 0.6) is 0 Å². The molecule has 1 aliphatic carbocycles. The van der Waals surface area contributed by atoms with E-state index in [2.05, 4.69) is 19.9 Å². The molecule has 0 unspecified atom stereocenters. The Kier molecular flexibility index (Phi) is 3.15. The molecule has 7 heteroatoms. The molecule has 22 heavy (non-hydrogen) atoms. The van der Waals surface area contributed by atoms with Gasteiger partial charge in [0.15, 0.2) is 5.82 Å². The normalized spacial score (nSPS) is 14.7. The molecule has 3 aromatic heterocycles. The van der Waals surface area contributed by atoms with Crippen molar-refractivity contribution in [2.24, 2.45) is 0 Å². The van der Waals surface area contributed by atoms with Crippen LogP contribution < -0.4 is 11.3 Å². The number of thiophene rings is 1. The number of nitrogens with one attached hydrogen (secondary N) is 1. The first kappa shape index (κ1) is 13.4.